The van der Waals surface area contributed by atoms with Crippen molar-refractivity contribution in [3.8, 4) is 0 Å². The number of hydrogen-bond donors (Lipinski definition) is 0. The molecule has 0 aliphatic carbocycles. The number of nitrogens with zero attached hydrogens (tertiary/aromatic N) is 4. The zero-order valence-corrected chi connectivity index (χ0v) is 14.4. The van der Waals surface area contributed by atoms with Crippen LogP contribution in [-0.4, -0.2) is 38.0 Å². The molecular formula is C17H22N4O3. The molecule has 0 unspecified atom stereocenters. The minimum atomic E-state index is -0.435. The SMILES string of the molecule is C[C@H]1C[C@H](C)CN(C(=O)c2cnc3c(c2)c(=O)n(C)c(=O)n3C)C1. The van der Waals surface area contributed by atoms with Gasteiger partial charge in [0.2, 0.25) is 0 Å². The molecule has 1 saturated heterocycles. The van der Waals surface area contributed by atoms with Gasteiger partial charge in [-0.2, -0.15) is 0 Å². The molecule has 24 heavy (non-hydrogen) atoms. The van der Waals surface area contributed by atoms with Crippen LogP contribution in [0.5, 0.6) is 0 Å². The van der Waals surface area contributed by atoms with E-state index >= 15 is 0 Å². The normalized spacial score (nSPS) is 21.2. The second-order valence-corrected chi connectivity index (χ2v) is 6.96. The first-order valence-electron chi connectivity index (χ1n) is 8.14. The maximum atomic E-state index is 12.8. The minimum absolute atomic E-state index is 0.112. The number of amides is 1. The average Bonchev–Trinajstić information content (AvgIpc) is 2.56. The summed E-state index contributed by atoms with van der Waals surface area (Å²) in [6, 6.07) is 1.55. The number of hydrogen-bond acceptors (Lipinski definition) is 4. The summed E-state index contributed by atoms with van der Waals surface area (Å²) >= 11 is 0. The van der Waals surface area contributed by atoms with Crippen LogP contribution in [0.1, 0.15) is 30.6 Å². The fourth-order valence-corrected chi connectivity index (χ4v) is 3.59. The highest BCUT2D eigenvalue weighted by atomic mass is 16.2. The Kier molecular flexibility index (Phi) is 4.03. The molecule has 1 aliphatic heterocycles. The standard InChI is InChI=1S/C17H22N4O3/c1-10-5-11(2)9-21(8-10)15(22)12-6-13-14(18-7-12)19(3)17(24)20(4)16(13)23/h6-7,10-11H,5,8-9H2,1-4H3/t10-,11-/m0/s1. The Balaban J connectivity index is 2.07. The molecule has 0 N–H and O–H groups in total. The van der Waals surface area contributed by atoms with Crippen LogP contribution < -0.4 is 11.2 Å². The molecule has 0 saturated carbocycles. The summed E-state index contributed by atoms with van der Waals surface area (Å²) in [5, 5.41) is 0.281. The number of aromatic nitrogens is 3. The van der Waals surface area contributed by atoms with Gasteiger partial charge in [0.25, 0.3) is 11.5 Å². The lowest BCUT2D eigenvalue weighted by atomic mass is 9.91. The lowest BCUT2D eigenvalue weighted by molar-refractivity contribution is 0.0623. The summed E-state index contributed by atoms with van der Waals surface area (Å²) in [7, 11) is 2.99. The number of piperidine rings is 1. The van der Waals surface area contributed by atoms with Gasteiger partial charge in [-0.25, -0.2) is 9.78 Å². The van der Waals surface area contributed by atoms with Gasteiger partial charge in [-0.3, -0.25) is 18.7 Å². The van der Waals surface area contributed by atoms with Gasteiger partial charge in [-0.15, -0.1) is 0 Å². The molecule has 2 aromatic heterocycles. The maximum absolute atomic E-state index is 12.8. The molecule has 0 bridgehead atoms. The van der Waals surface area contributed by atoms with Crippen molar-refractivity contribution in [2.24, 2.45) is 25.9 Å². The van der Waals surface area contributed by atoms with Crippen LogP contribution in [0.15, 0.2) is 21.9 Å². The second-order valence-electron chi connectivity index (χ2n) is 6.96. The molecule has 1 fully saturated rings. The van der Waals surface area contributed by atoms with E-state index in [1.807, 2.05) is 4.90 Å². The summed E-state index contributed by atoms with van der Waals surface area (Å²) in [4.78, 5) is 43.1. The Labute approximate surface area is 139 Å². The first-order chi connectivity index (χ1) is 11.3. The van der Waals surface area contributed by atoms with Crippen LogP contribution in [-0.2, 0) is 14.1 Å². The zero-order valence-electron chi connectivity index (χ0n) is 14.4. The highest BCUT2D eigenvalue weighted by Gasteiger charge is 2.26. The topological polar surface area (TPSA) is 77.2 Å². The molecule has 2 atom stereocenters. The fraction of sp³-hybridized carbons (Fsp3) is 0.529. The number of rotatable bonds is 1. The lowest BCUT2D eigenvalue weighted by Crippen LogP contribution is -2.42. The molecule has 1 amide bonds. The summed E-state index contributed by atoms with van der Waals surface area (Å²) in [6.45, 7) is 5.71. The van der Waals surface area contributed by atoms with Gasteiger partial charge in [0, 0.05) is 33.4 Å². The number of carbonyl (C=O) groups excluding carboxylic acids is 1. The van der Waals surface area contributed by atoms with Gasteiger partial charge in [-0.05, 0) is 24.3 Å². The maximum Gasteiger partial charge on any atom is 0.332 e. The molecule has 7 nitrogen and oxygen atoms in total. The Morgan fingerprint density at radius 3 is 2.38 bits per heavy atom. The van der Waals surface area contributed by atoms with E-state index in [0.717, 1.165) is 11.0 Å². The molecule has 0 radical (unpaired) electrons. The highest BCUT2D eigenvalue weighted by Crippen LogP contribution is 2.22. The number of aryl methyl sites for hydroxylation is 1. The molecular weight excluding hydrogens is 308 g/mol. The quantitative estimate of drug-likeness (QED) is 0.773. The van der Waals surface area contributed by atoms with Crippen molar-refractivity contribution in [3.63, 3.8) is 0 Å². The molecule has 1 aliphatic rings. The van der Waals surface area contributed by atoms with Gasteiger partial charge >= 0.3 is 5.69 Å². The molecule has 3 heterocycles. The van der Waals surface area contributed by atoms with Gasteiger partial charge in [0.1, 0.15) is 5.65 Å². The Hall–Kier alpha value is -2.44. The first-order valence-corrected chi connectivity index (χ1v) is 8.14. The van der Waals surface area contributed by atoms with Crippen LogP contribution in [0.4, 0.5) is 0 Å². The Morgan fingerprint density at radius 2 is 1.75 bits per heavy atom. The van der Waals surface area contributed by atoms with E-state index in [1.54, 1.807) is 13.1 Å². The van der Waals surface area contributed by atoms with Crippen molar-refractivity contribution < 1.29 is 4.79 Å². The first kappa shape index (κ1) is 16.4. The number of fused-ring (bicyclic) bond motifs is 1. The van der Waals surface area contributed by atoms with Crippen LogP contribution in [0, 0.1) is 11.8 Å². The third-order valence-corrected chi connectivity index (χ3v) is 4.70. The molecule has 128 valence electrons. The highest BCUT2D eigenvalue weighted by molar-refractivity contribution is 5.96. The van der Waals surface area contributed by atoms with Crippen LogP contribution in [0.3, 0.4) is 0 Å². The van der Waals surface area contributed by atoms with Crippen molar-refractivity contribution in [1.29, 1.82) is 0 Å². The van der Waals surface area contributed by atoms with E-state index in [1.165, 1.54) is 17.8 Å². The summed E-state index contributed by atoms with van der Waals surface area (Å²) in [6.07, 6.45) is 2.57. The number of likely N-dealkylation sites (tertiary alicyclic amines) is 1. The van der Waals surface area contributed by atoms with Crippen LogP contribution >= 0.6 is 0 Å². The van der Waals surface area contributed by atoms with E-state index in [0.29, 0.717) is 36.1 Å². The van der Waals surface area contributed by atoms with Crippen LogP contribution in [0.25, 0.3) is 11.0 Å². The van der Waals surface area contributed by atoms with Crippen LogP contribution in [0.2, 0.25) is 0 Å². The third-order valence-electron chi connectivity index (χ3n) is 4.70. The van der Waals surface area contributed by atoms with Crippen molar-refractivity contribution in [2.75, 3.05) is 13.1 Å². The van der Waals surface area contributed by atoms with E-state index in [-0.39, 0.29) is 11.3 Å². The largest absolute Gasteiger partial charge is 0.338 e. The fourth-order valence-electron chi connectivity index (χ4n) is 3.59. The summed E-state index contributed by atoms with van der Waals surface area (Å²) < 4.78 is 2.35. The summed E-state index contributed by atoms with van der Waals surface area (Å²) in [5.41, 5.74) is -0.187. The predicted octanol–water partition coefficient (Wildman–Crippen LogP) is 0.750. The van der Waals surface area contributed by atoms with Crippen molar-refractivity contribution in [2.45, 2.75) is 20.3 Å². The van der Waals surface area contributed by atoms with Gasteiger partial charge in [-0.1, -0.05) is 13.8 Å². The number of carbonyl (C=O) groups is 1. The second kappa shape index (κ2) is 5.89. The lowest BCUT2D eigenvalue weighted by Gasteiger charge is -2.35. The zero-order chi connectivity index (χ0) is 17.6. The van der Waals surface area contributed by atoms with Crippen molar-refractivity contribution >= 4 is 16.9 Å². The Morgan fingerprint density at radius 1 is 1.12 bits per heavy atom. The summed E-state index contributed by atoms with van der Waals surface area (Å²) in [5.74, 6) is 0.804. The molecule has 0 aromatic carbocycles. The predicted molar refractivity (Wildman–Crippen MR) is 91.1 cm³/mol. The van der Waals surface area contributed by atoms with Gasteiger partial charge in [0.15, 0.2) is 0 Å². The third kappa shape index (κ3) is 2.64. The van der Waals surface area contributed by atoms with Crippen molar-refractivity contribution in [1.82, 2.24) is 19.0 Å². The minimum Gasteiger partial charge on any atom is -0.338 e. The molecule has 3 rings (SSSR count). The molecule has 2 aromatic rings. The van der Waals surface area contributed by atoms with E-state index < -0.39 is 11.2 Å². The van der Waals surface area contributed by atoms with Crippen molar-refractivity contribution in [3.05, 3.63) is 38.7 Å². The van der Waals surface area contributed by atoms with E-state index in [2.05, 4.69) is 18.8 Å². The Bertz CT molecular complexity index is 918. The molecule has 0 spiro atoms. The average molecular weight is 330 g/mol. The number of pyridine rings is 1. The van der Waals surface area contributed by atoms with E-state index in [4.69, 9.17) is 0 Å². The van der Waals surface area contributed by atoms with Gasteiger partial charge < -0.3 is 4.90 Å². The smallest absolute Gasteiger partial charge is 0.332 e. The van der Waals surface area contributed by atoms with E-state index in [9.17, 15) is 14.4 Å². The van der Waals surface area contributed by atoms with Gasteiger partial charge in [0.05, 0.1) is 10.9 Å². The molecule has 7 heteroatoms. The monoisotopic (exact) mass is 330 g/mol.